The van der Waals surface area contributed by atoms with Crippen molar-refractivity contribution < 1.29 is 14.3 Å². The van der Waals surface area contributed by atoms with Crippen LogP contribution >= 0.6 is 0 Å². The summed E-state index contributed by atoms with van der Waals surface area (Å²) in [6.07, 6.45) is 2.51. The van der Waals surface area contributed by atoms with E-state index in [1.165, 1.54) is 0 Å². The number of aryl methyl sites for hydroxylation is 1. The molecule has 0 saturated carbocycles. The quantitative estimate of drug-likeness (QED) is 0.906. The highest BCUT2D eigenvalue weighted by atomic mass is 16.5. The molecule has 1 unspecified atom stereocenters. The summed E-state index contributed by atoms with van der Waals surface area (Å²) >= 11 is 0. The van der Waals surface area contributed by atoms with Crippen molar-refractivity contribution in [3.05, 3.63) is 47.7 Å². The molecule has 0 spiro atoms. The van der Waals surface area contributed by atoms with E-state index in [-0.39, 0.29) is 12.1 Å². The van der Waals surface area contributed by atoms with Gasteiger partial charge in [-0.15, -0.1) is 0 Å². The van der Waals surface area contributed by atoms with Crippen LogP contribution in [0.4, 0.5) is 10.6 Å². The zero-order valence-electron chi connectivity index (χ0n) is 13.8. The maximum absolute atomic E-state index is 12.2. The van der Waals surface area contributed by atoms with Crippen LogP contribution in [-0.2, 0) is 0 Å². The van der Waals surface area contributed by atoms with Crippen LogP contribution in [0.3, 0.4) is 0 Å². The summed E-state index contributed by atoms with van der Waals surface area (Å²) in [5, 5.41) is 5.67. The first-order chi connectivity index (χ1) is 11.6. The molecule has 1 aromatic heterocycles. The number of hydrogen-bond acceptors (Lipinski definition) is 4. The fourth-order valence-electron chi connectivity index (χ4n) is 2.49. The summed E-state index contributed by atoms with van der Waals surface area (Å²) in [4.78, 5) is 16.3. The summed E-state index contributed by atoms with van der Waals surface area (Å²) < 4.78 is 11.3. The van der Waals surface area contributed by atoms with Gasteiger partial charge in [0.25, 0.3) is 0 Å². The molecule has 1 aliphatic rings. The van der Waals surface area contributed by atoms with Gasteiger partial charge in [0.2, 0.25) is 0 Å². The number of aromatic nitrogens is 1. The Hall–Kier alpha value is -2.76. The third-order valence-electron chi connectivity index (χ3n) is 3.86. The number of anilines is 1. The van der Waals surface area contributed by atoms with Crippen LogP contribution in [0, 0.1) is 6.92 Å². The van der Waals surface area contributed by atoms with E-state index in [4.69, 9.17) is 9.47 Å². The van der Waals surface area contributed by atoms with Gasteiger partial charge >= 0.3 is 6.03 Å². The summed E-state index contributed by atoms with van der Waals surface area (Å²) in [7, 11) is 0. The molecule has 1 aliphatic heterocycles. The molecule has 2 aromatic rings. The number of nitrogens with one attached hydrogen (secondary N) is 2. The molecule has 3 rings (SSSR count). The lowest BCUT2D eigenvalue weighted by molar-refractivity contribution is 0.249. The lowest BCUT2D eigenvalue weighted by Crippen LogP contribution is -2.31. The number of amides is 2. The second-order valence-electron chi connectivity index (χ2n) is 5.75. The van der Waals surface area contributed by atoms with Crippen molar-refractivity contribution >= 4 is 11.8 Å². The lowest BCUT2D eigenvalue weighted by atomic mass is 10.1. The topological polar surface area (TPSA) is 72.5 Å². The Morgan fingerprint density at radius 1 is 1.21 bits per heavy atom. The highest BCUT2D eigenvalue weighted by Crippen LogP contribution is 2.32. The monoisotopic (exact) mass is 327 g/mol. The highest BCUT2D eigenvalue weighted by Gasteiger charge is 2.15. The summed E-state index contributed by atoms with van der Waals surface area (Å²) in [6.45, 7) is 5.11. The summed E-state index contributed by atoms with van der Waals surface area (Å²) in [6, 6.07) is 8.99. The first-order valence-electron chi connectivity index (χ1n) is 8.02. The van der Waals surface area contributed by atoms with E-state index < -0.39 is 0 Å². The van der Waals surface area contributed by atoms with Crippen molar-refractivity contribution in [2.75, 3.05) is 18.5 Å². The maximum Gasteiger partial charge on any atom is 0.320 e. The average molecular weight is 327 g/mol. The van der Waals surface area contributed by atoms with E-state index >= 15 is 0 Å². The smallest absolute Gasteiger partial charge is 0.320 e. The number of hydrogen-bond donors (Lipinski definition) is 2. The number of fused-ring (bicyclic) bond motifs is 1. The molecule has 0 fully saturated rings. The number of urea groups is 1. The van der Waals surface area contributed by atoms with Crippen LogP contribution < -0.4 is 20.1 Å². The average Bonchev–Trinajstić information content (AvgIpc) is 2.81. The molecular weight excluding hydrogens is 306 g/mol. The van der Waals surface area contributed by atoms with Crippen LogP contribution in [0.1, 0.15) is 30.5 Å². The first kappa shape index (κ1) is 16.1. The Bertz CT molecular complexity index is 733. The van der Waals surface area contributed by atoms with Crippen molar-refractivity contribution in [3.8, 4) is 11.5 Å². The van der Waals surface area contributed by atoms with E-state index in [0.29, 0.717) is 19.0 Å². The number of rotatable bonds is 3. The van der Waals surface area contributed by atoms with Gasteiger partial charge in [-0.25, -0.2) is 9.78 Å². The van der Waals surface area contributed by atoms with Crippen LogP contribution in [0.25, 0.3) is 0 Å². The third-order valence-corrected chi connectivity index (χ3v) is 3.86. The molecular formula is C18H21N3O3. The van der Waals surface area contributed by atoms with E-state index in [1.807, 2.05) is 44.2 Å². The Morgan fingerprint density at radius 2 is 2.00 bits per heavy atom. The fourth-order valence-corrected chi connectivity index (χ4v) is 2.49. The van der Waals surface area contributed by atoms with Gasteiger partial charge in [-0.3, -0.25) is 5.32 Å². The predicted molar refractivity (Wildman–Crippen MR) is 91.6 cm³/mol. The summed E-state index contributed by atoms with van der Waals surface area (Å²) in [5.41, 5.74) is 1.86. The van der Waals surface area contributed by atoms with Gasteiger partial charge in [-0.2, -0.15) is 0 Å². The molecule has 0 radical (unpaired) electrons. The normalized spacial score (nSPS) is 14.4. The van der Waals surface area contributed by atoms with Crippen LogP contribution in [-0.4, -0.2) is 24.2 Å². The zero-order chi connectivity index (χ0) is 16.9. The Balaban J connectivity index is 1.66. The maximum atomic E-state index is 12.2. The van der Waals surface area contributed by atoms with E-state index in [2.05, 4.69) is 15.6 Å². The molecule has 0 aliphatic carbocycles. The van der Waals surface area contributed by atoms with Crippen molar-refractivity contribution in [1.82, 2.24) is 10.3 Å². The number of benzene rings is 1. The van der Waals surface area contributed by atoms with Crippen molar-refractivity contribution in [2.24, 2.45) is 0 Å². The third kappa shape index (κ3) is 3.76. The van der Waals surface area contributed by atoms with Gasteiger partial charge in [0.15, 0.2) is 11.5 Å². The second-order valence-corrected chi connectivity index (χ2v) is 5.75. The number of nitrogens with zero attached hydrogens (tertiary/aromatic N) is 1. The molecule has 126 valence electrons. The van der Waals surface area contributed by atoms with E-state index in [9.17, 15) is 4.79 Å². The molecule has 0 saturated heterocycles. The minimum absolute atomic E-state index is 0.175. The largest absolute Gasteiger partial charge is 0.490 e. The molecule has 2 N–H and O–H groups in total. The van der Waals surface area contributed by atoms with Crippen molar-refractivity contribution in [2.45, 2.75) is 26.3 Å². The standard InChI is InChI=1S/C18H21N3O3/c1-12-5-3-8-19-17(12)21-18(22)20-13(2)14-6-7-15-16(11-14)24-10-4-9-23-15/h3,5-8,11,13H,4,9-10H2,1-2H3,(H2,19,20,21,22). The van der Waals surface area contributed by atoms with Gasteiger partial charge in [-0.05, 0) is 43.2 Å². The number of ether oxygens (including phenoxy) is 2. The van der Waals surface area contributed by atoms with E-state index in [1.54, 1.807) is 6.20 Å². The van der Waals surface area contributed by atoms with Gasteiger partial charge in [0, 0.05) is 12.6 Å². The SMILES string of the molecule is Cc1cccnc1NC(=O)NC(C)c1ccc2c(c1)OCCCO2. The zero-order valence-corrected chi connectivity index (χ0v) is 13.8. The number of carbonyl (C=O) groups excluding carboxylic acids is 1. The second kappa shape index (κ2) is 7.21. The van der Waals surface area contributed by atoms with Gasteiger partial charge in [0.05, 0.1) is 19.3 Å². The van der Waals surface area contributed by atoms with Gasteiger partial charge < -0.3 is 14.8 Å². The van der Waals surface area contributed by atoms with Gasteiger partial charge in [0.1, 0.15) is 5.82 Å². The molecule has 24 heavy (non-hydrogen) atoms. The highest BCUT2D eigenvalue weighted by molar-refractivity contribution is 5.89. The Labute approximate surface area is 141 Å². The molecule has 1 aromatic carbocycles. The minimum atomic E-state index is -0.295. The van der Waals surface area contributed by atoms with Crippen LogP contribution in [0.15, 0.2) is 36.5 Å². The van der Waals surface area contributed by atoms with Crippen LogP contribution in [0.2, 0.25) is 0 Å². The fraction of sp³-hybridized carbons (Fsp3) is 0.333. The Morgan fingerprint density at radius 3 is 2.79 bits per heavy atom. The van der Waals surface area contributed by atoms with Crippen molar-refractivity contribution in [3.63, 3.8) is 0 Å². The summed E-state index contributed by atoms with van der Waals surface area (Å²) in [5.74, 6) is 2.03. The molecule has 2 amide bonds. The minimum Gasteiger partial charge on any atom is -0.490 e. The van der Waals surface area contributed by atoms with Crippen molar-refractivity contribution in [1.29, 1.82) is 0 Å². The molecule has 6 nitrogen and oxygen atoms in total. The van der Waals surface area contributed by atoms with E-state index in [0.717, 1.165) is 29.0 Å². The number of pyridine rings is 1. The molecule has 2 heterocycles. The number of carbonyl (C=O) groups is 1. The Kier molecular flexibility index (Phi) is 4.84. The molecule has 1 atom stereocenters. The first-order valence-corrected chi connectivity index (χ1v) is 8.02. The lowest BCUT2D eigenvalue weighted by Gasteiger charge is -2.17. The van der Waals surface area contributed by atoms with Crippen LogP contribution in [0.5, 0.6) is 11.5 Å². The van der Waals surface area contributed by atoms with Gasteiger partial charge in [-0.1, -0.05) is 12.1 Å². The molecule has 6 heteroatoms. The molecule has 0 bridgehead atoms. The predicted octanol–water partition coefficient (Wildman–Crippen LogP) is 3.43.